The Morgan fingerprint density at radius 1 is 1.00 bits per heavy atom. The zero-order valence-electron chi connectivity index (χ0n) is 13.0. The third-order valence-corrected chi connectivity index (χ3v) is 6.18. The van der Waals surface area contributed by atoms with Crippen LogP contribution in [0.25, 0.3) is 0 Å². The van der Waals surface area contributed by atoms with Gasteiger partial charge < -0.3 is 4.90 Å². The molecule has 1 nitrogen and oxygen atoms in total. The fourth-order valence-electron chi connectivity index (χ4n) is 3.10. The van der Waals surface area contributed by atoms with Gasteiger partial charge in [0.1, 0.15) is 5.82 Å². The van der Waals surface area contributed by atoms with Gasteiger partial charge in [0.15, 0.2) is 0 Å². The highest BCUT2D eigenvalue weighted by Crippen LogP contribution is 2.47. The van der Waals surface area contributed by atoms with E-state index in [0.29, 0.717) is 0 Å². The number of thioether (sulfide) groups is 1. The van der Waals surface area contributed by atoms with E-state index >= 15 is 0 Å². The summed E-state index contributed by atoms with van der Waals surface area (Å²) in [6, 6.07) is 17.8. The van der Waals surface area contributed by atoms with Crippen LogP contribution in [-0.4, -0.2) is 25.0 Å². The topological polar surface area (TPSA) is 3.24 Å². The molecule has 1 aliphatic rings. The fraction of sp³-hybridized carbons (Fsp3) is 0.368. The molecular formula is C19H22FNS. The molecule has 1 fully saturated rings. The van der Waals surface area contributed by atoms with Crippen molar-refractivity contribution >= 4 is 11.8 Å². The van der Waals surface area contributed by atoms with Gasteiger partial charge in [0.05, 0.1) is 0 Å². The van der Waals surface area contributed by atoms with Crippen LogP contribution in [0, 0.1) is 5.82 Å². The van der Waals surface area contributed by atoms with Crippen molar-refractivity contribution in [2.24, 2.45) is 0 Å². The van der Waals surface area contributed by atoms with Crippen LogP contribution in [0.15, 0.2) is 54.6 Å². The van der Waals surface area contributed by atoms with E-state index in [0.717, 1.165) is 37.2 Å². The number of benzene rings is 2. The van der Waals surface area contributed by atoms with Crippen LogP contribution >= 0.6 is 11.8 Å². The van der Waals surface area contributed by atoms with Gasteiger partial charge in [0.2, 0.25) is 0 Å². The average Bonchev–Trinajstić information content (AvgIpc) is 2.56. The van der Waals surface area contributed by atoms with Gasteiger partial charge in [-0.25, -0.2) is 4.39 Å². The first-order valence-electron chi connectivity index (χ1n) is 7.81. The molecule has 0 saturated carbocycles. The molecule has 1 saturated heterocycles. The first-order chi connectivity index (χ1) is 10.7. The quantitative estimate of drug-likeness (QED) is 0.806. The Kier molecular flexibility index (Phi) is 4.84. The lowest BCUT2D eigenvalue weighted by Crippen LogP contribution is -2.39. The molecule has 0 spiro atoms. The first-order valence-corrected chi connectivity index (χ1v) is 8.80. The number of hydrogen-bond acceptors (Lipinski definition) is 2. The normalized spacial score (nSPS) is 18.3. The number of nitrogens with zero attached hydrogens (tertiary/aromatic N) is 1. The summed E-state index contributed by atoms with van der Waals surface area (Å²) in [6.07, 6.45) is 2.00. The summed E-state index contributed by atoms with van der Waals surface area (Å²) in [6.45, 7) is 2.05. The van der Waals surface area contributed by atoms with Gasteiger partial charge in [-0.15, -0.1) is 11.8 Å². The third kappa shape index (κ3) is 3.36. The van der Waals surface area contributed by atoms with E-state index in [1.807, 2.05) is 30.0 Å². The summed E-state index contributed by atoms with van der Waals surface area (Å²) in [5, 5.41) is 0. The number of rotatable bonds is 4. The Bertz CT molecular complexity index is 606. The van der Waals surface area contributed by atoms with Crippen molar-refractivity contribution in [3.05, 3.63) is 71.5 Å². The monoisotopic (exact) mass is 315 g/mol. The molecule has 1 heterocycles. The Labute approximate surface area is 136 Å². The van der Waals surface area contributed by atoms with Crippen LogP contribution in [0.4, 0.5) is 4.39 Å². The van der Waals surface area contributed by atoms with Gasteiger partial charge >= 0.3 is 0 Å². The predicted molar refractivity (Wildman–Crippen MR) is 92.5 cm³/mol. The van der Waals surface area contributed by atoms with Gasteiger partial charge in [0, 0.05) is 16.1 Å². The second kappa shape index (κ2) is 6.84. The fourth-order valence-corrected chi connectivity index (χ4v) is 4.53. The van der Waals surface area contributed by atoms with Gasteiger partial charge in [-0.05, 0) is 44.6 Å². The summed E-state index contributed by atoms with van der Waals surface area (Å²) in [7, 11) is 2.15. The minimum absolute atomic E-state index is 0.0624. The Balaban J connectivity index is 1.85. The van der Waals surface area contributed by atoms with Gasteiger partial charge in [-0.2, -0.15) is 0 Å². The molecule has 2 aromatic carbocycles. The highest BCUT2D eigenvalue weighted by molar-refractivity contribution is 7.99. The lowest BCUT2D eigenvalue weighted by atomic mass is 9.88. The van der Waals surface area contributed by atoms with Crippen LogP contribution in [0.2, 0.25) is 0 Å². The second-order valence-electron chi connectivity index (χ2n) is 6.05. The van der Waals surface area contributed by atoms with Gasteiger partial charge in [0.25, 0.3) is 0 Å². The molecule has 1 aliphatic heterocycles. The molecule has 2 aromatic rings. The lowest BCUT2D eigenvalue weighted by molar-refractivity contribution is 0.237. The molecule has 0 N–H and O–H groups in total. The van der Waals surface area contributed by atoms with Crippen LogP contribution in [0.5, 0.6) is 0 Å². The molecule has 0 amide bonds. The summed E-state index contributed by atoms with van der Waals surface area (Å²) in [5.41, 5.74) is 2.19. The zero-order chi connectivity index (χ0) is 15.4. The van der Waals surface area contributed by atoms with Crippen molar-refractivity contribution in [2.75, 3.05) is 20.1 Å². The summed E-state index contributed by atoms with van der Waals surface area (Å²) < 4.78 is 14.3. The summed E-state index contributed by atoms with van der Waals surface area (Å²) >= 11 is 1.90. The maximum Gasteiger partial charge on any atom is 0.127 e. The predicted octanol–water partition coefficient (Wildman–Crippen LogP) is 4.68. The minimum atomic E-state index is -0.103. The van der Waals surface area contributed by atoms with Crippen LogP contribution in [0.3, 0.4) is 0 Å². The number of hydrogen-bond donors (Lipinski definition) is 0. The molecule has 0 radical (unpaired) electrons. The van der Waals surface area contributed by atoms with Crippen molar-refractivity contribution in [3.8, 4) is 0 Å². The first kappa shape index (κ1) is 15.6. The number of halogens is 1. The van der Waals surface area contributed by atoms with E-state index in [1.165, 1.54) is 5.56 Å². The summed E-state index contributed by atoms with van der Waals surface area (Å²) in [4.78, 5) is 2.34. The molecule has 0 unspecified atom stereocenters. The Morgan fingerprint density at radius 2 is 1.64 bits per heavy atom. The van der Waals surface area contributed by atoms with Gasteiger partial charge in [-0.1, -0.05) is 48.5 Å². The third-order valence-electron chi connectivity index (χ3n) is 4.52. The zero-order valence-corrected chi connectivity index (χ0v) is 13.8. The Hall–Kier alpha value is -1.32. The minimum Gasteiger partial charge on any atom is -0.306 e. The van der Waals surface area contributed by atoms with Crippen LogP contribution in [-0.2, 0) is 10.5 Å². The second-order valence-corrected chi connectivity index (χ2v) is 7.41. The van der Waals surface area contributed by atoms with Crippen molar-refractivity contribution in [1.29, 1.82) is 0 Å². The average molecular weight is 315 g/mol. The highest BCUT2D eigenvalue weighted by atomic mass is 32.2. The van der Waals surface area contributed by atoms with Crippen molar-refractivity contribution in [3.63, 3.8) is 0 Å². The SMILES string of the molecule is CN1CCC(SCc2ccccc2)(c2ccccc2F)CC1. The van der Waals surface area contributed by atoms with Crippen molar-refractivity contribution in [2.45, 2.75) is 23.3 Å². The molecule has 3 heteroatoms. The Morgan fingerprint density at radius 3 is 2.32 bits per heavy atom. The number of piperidine rings is 1. The maximum absolute atomic E-state index is 14.4. The molecular weight excluding hydrogens is 293 g/mol. The van der Waals surface area contributed by atoms with E-state index < -0.39 is 0 Å². The largest absolute Gasteiger partial charge is 0.306 e. The smallest absolute Gasteiger partial charge is 0.127 e. The molecule has 0 aromatic heterocycles. The van der Waals surface area contributed by atoms with Crippen molar-refractivity contribution in [1.82, 2.24) is 4.90 Å². The molecule has 116 valence electrons. The molecule has 3 rings (SSSR count). The summed E-state index contributed by atoms with van der Waals surface area (Å²) in [5.74, 6) is 0.867. The van der Waals surface area contributed by atoms with Crippen LogP contribution < -0.4 is 0 Å². The van der Waals surface area contributed by atoms with E-state index in [9.17, 15) is 4.39 Å². The van der Waals surface area contributed by atoms with E-state index in [1.54, 1.807) is 12.1 Å². The highest BCUT2D eigenvalue weighted by Gasteiger charge is 2.37. The standard InChI is InChI=1S/C19H22FNS/c1-21-13-11-19(12-14-21,17-9-5-6-10-18(17)20)22-15-16-7-3-2-4-8-16/h2-10H,11-15H2,1H3. The van der Waals surface area contributed by atoms with E-state index in [4.69, 9.17) is 0 Å². The van der Waals surface area contributed by atoms with Crippen LogP contribution in [0.1, 0.15) is 24.0 Å². The maximum atomic E-state index is 14.4. The molecule has 0 aliphatic carbocycles. The number of likely N-dealkylation sites (tertiary alicyclic amines) is 1. The molecule has 0 bridgehead atoms. The lowest BCUT2D eigenvalue weighted by Gasteiger charge is -2.41. The molecule has 22 heavy (non-hydrogen) atoms. The van der Waals surface area contributed by atoms with E-state index in [-0.39, 0.29) is 10.6 Å². The van der Waals surface area contributed by atoms with Gasteiger partial charge in [-0.3, -0.25) is 0 Å². The molecule has 0 atom stereocenters. The van der Waals surface area contributed by atoms with E-state index in [2.05, 4.69) is 36.2 Å². The van der Waals surface area contributed by atoms with Crippen molar-refractivity contribution < 1.29 is 4.39 Å².